The van der Waals surface area contributed by atoms with Gasteiger partial charge >= 0.3 is 5.97 Å². The molecule has 0 unspecified atom stereocenters. The number of carbonyl (C=O) groups is 2. The summed E-state index contributed by atoms with van der Waals surface area (Å²) < 4.78 is 13.2. The number of rotatable bonds is 9. The average Bonchev–Trinajstić information content (AvgIpc) is 3.50. The van der Waals surface area contributed by atoms with Crippen molar-refractivity contribution in [3.8, 4) is 0 Å². The minimum Gasteiger partial charge on any atom is -0.463 e. The number of ether oxygens (including phenoxy) is 2. The summed E-state index contributed by atoms with van der Waals surface area (Å²) in [5.74, 6) is -0.109. The molecule has 1 saturated carbocycles. The van der Waals surface area contributed by atoms with Crippen molar-refractivity contribution in [3.05, 3.63) is 60.0 Å². The van der Waals surface area contributed by atoms with E-state index in [4.69, 9.17) is 9.47 Å². The number of benzene rings is 1. The number of nitrogens with zero attached hydrogens (tertiary/aromatic N) is 4. The number of aliphatic hydroxyl groups is 2. The molecule has 1 amide bonds. The van der Waals surface area contributed by atoms with E-state index in [-0.39, 0.29) is 30.8 Å². The molecule has 1 aliphatic carbocycles. The standard InChI is InChI=1S/C28H33N5O6/c1-29-16-28(25(36)24(35)21(39-28)15-38-23(34)14-18-8-4-2-5-9-18)22-13-12-20-26(30-17-31-33(20)22)32-27(37)19-10-6-3-7-11-19/h3,6-7,10-13,17-18,21,24-25,35-36H,1-2,4-5,8-9,14-16H2,(H,30,31,32,37)/t21-,24-,25-,28+/m1/s1. The second-order valence-corrected chi connectivity index (χ2v) is 10.2. The Morgan fingerprint density at radius 1 is 1.15 bits per heavy atom. The lowest BCUT2D eigenvalue weighted by atomic mass is 9.87. The Kier molecular flexibility index (Phi) is 8.01. The summed E-state index contributed by atoms with van der Waals surface area (Å²) in [4.78, 5) is 33.4. The molecule has 39 heavy (non-hydrogen) atoms. The lowest BCUT2D eigenvalue weighted by Gasteiger charge is -2.30. The summed E-state index contributed by atoms with van der Waals surface area (Å²) in [6.07, 6.45) is 3.34. The summed E-state index contributed by atoms with van der Waals surface area (Å²) in [5.41, 5.74) is -0.229. The van der Waals surface area contributed by atoms with E-state index < -0.39 is 23.9 Å². The van der Waals surface area contributed by atoms with Gasteiger partial charge in [0.1, 0.15) is 36.8 Å². The molecule has 1 saturated heterocycles. The Balaban J connectivity index is 1.36. The van der Waals surface area contributed by atoms with Crippen LogP contribution in [0.4, 0.5) is 5.82 Å². The Morgan fingerprint density at radius 3 is 2.67 bits per heavy atom. The van der Waals surface area contributed by atoms with Gasteiger partial charge in [0, 0.05) is 12.0 Å². The van der Waals surface area contributed by atoms with Crippen molar-refractivity contribution in [2.75, 3.05) is 18.5 Å². The van der Waals surface area contributed by atoms with E-state index in [2.05, 4.69) is 27.1 Å². The van der Waals surface area contributed by atoms with Crippen molar-refractivity contribution in [1.29, 1.82) is 0 Å². The van der Waals surface area contributed by atoms with Gasteiger partial charge in [-0.3, -0.25) is 14.6 Å². The van der Waals surface area contributed by atoms with Gasteiger partial charge in [-0.2, -0.15) is 5.10 Å². The minimum absolute atomic E-state index is 0.0976. The van der Waals surface area contributed by atoms with Crippen LogP contribution >= 0.6 is 0 Å². The number of aliphatic imine (C=N–C) groups is 1. The van der Waals surface area contributed by atoms with Crippen molar-refractivity contribution in [3.63, 3.8) is 0 Å². The third-order valence-corrected chi connectivity index (χ3v) is 7.63. The molecule has 1 aromatic carbocycles. The van der Waals surface area contributed by atoms with Gasteiger partial charge in [0.25, 0.3) is 5.91 Å². The largest absolute Gasteiger partial charge is 0.463 e. The predicted molar refractivity (Wildman–Crippen MR) is 143 cm³/mol. The van der Waals surface area contributed by atoms with E-state index in [0.717, 1.165) is 25.7 Å². The zero-order valence-corrected chi connectivity index (χ0v) is 21.6. The summed E-state index contributed by atoms with van der Waals surface area (Å²) in [7, 11) is 0. The molecular formula is C28H33N5O6. The average molecular weight is 536 g/mol. The van der Waals surface area contributed by atoms with E-state index in [1.54, 1.807) is 36.4 Å². The number of esters is 1. The predicted octanol–water partition coefficient (Wildman–Crippen LogP) is 2.51. The van der Waals surface area contributed by atoms with Gasteiger partial charge in [-0.05, 0) is 49.7 Å². The molecule has 3 aromatic rings. The highest BCUT2D eigenvalue weighted by atomic mass is 16.6. The molecular weight excluding hydrogens is 502 g/mol. The van der Waals surface area contributed by atoms with Crippen LogP contribution in [-0.4, -0.2) is 74.9 Å². The van der Waals surface area contributed by atoms with Crippen LogP contribution in [0.1, 0.15) is 54.6 Å². The first kappa shape index (κ1) is 26.9. The monoisotopic (exact) mass is 535 g/mol. The van der Waals surface area contributed by atoms with Crippen LogP contribution in [-0.2, 0) is 19.9 Å². The number of carbonyl (C=O) groups excluding carboxylic acids is 2. The van der Waals surface area contributed by atoms with Crippen LogP contribution in [0.15, 0.2) is 53.8 Å². The summed E-state index contributed by atoms with van der Waals surface area (Å²) in [5, 5.41) is 29.2. The zero-order valence-electron chi connectivity index (χ0n) is 21.6. The quantitative estimate of drug-likeness (QED) is 0.280. The second kappa shape index (κ2) is 11.6. The molecule has 2 aliphatic rings. The van der Waals surface area contributed by atoms with E-state index in [1.165, 1.54) is 17.3 Å². The normalized spacial score (nSPS) is 25.4. The Bertz CT molecular complexity index is 1320. The number of aliphatic hydroxyl groups excluding tert-OH is 2. The topological polar surface area (TPSA) is 148 Å². The first-order valence-electron chi connectivity index (χ1n) is 13.2. The third-order valence-electron chi connectivity index (χ3n) is 7.63. The highest BCUT2D eigenvalue weighted by Gasteiger charge is 2.57. The van der Waals surface area contributed by atoms with E-state index in [0.29, 0.717) is 29.1 Å². The van der Waals surface area contributed by atoms with E-state index >= 15 is 0 Å². The van der Waals surface area contributed by atoms with Crippen LogP contribution in [0, 0.1) is 5.92 Å². The maximum Gasteiger partial charge on any atom is 0.306 e. The fourth-order valence-electron chi connectivity index (χ4n) is 5.59. The summed E-state index contributed by atoms with van der Waals surface area (Å²) in [6, 6.07) is 12.1. The van der Waals surface area contributed by atoms with Crippen molar-refractivity contribution >= 4 is 29.9 Å². The van der Waals surface area contributed by atoms with Crippen LogP contribution in [0.25, 0.3) is 5.52 Å². The molecule has 2 aromatic heterocycles. The molecule has 11 heteroatoms. The maximum atomic E-state index is 12.7. The maximum absolute atomic E-state index is 12.7. The van der Waals surface area contributed by atoms with Gasteiger partial charge in [0.05, 0.1) is 12.2 Å². The minimum atomic E-state index is -1.52. The van der Waals surface area contributed by atoms with Crippen molar-refractivity contribution in [2.45, 2.75) is 62.4 Å². The van der Waals surface area contributed by atoms with Crippen LogP contribution in [0.5, 0.6) is 0 Å². The van der Waals surface area contributed by atoms with Gasteiger partial charge < -0.3 is 25.0 Å². The van der Waals surface area contributed by atoms with Gasteiger partial charge in [-0.1, -0.05) is 37.5 Å². The van der Waals surface area contributed by atoms with E-state index in [1.807, 2.05) is 6.07 Å². The number of fused-ring (bicyclic) bond motifs is 1. The number of hydrogen-bond donors (Lipinski definition) is 3. The molecule has 206 valence electrons. The van der Waals surface area contributed by atoms with Crippen molar-refractivity contribution in [2.24, 2.45) is 10.9 Å². The zero-order chi connectivity index (χ0) is 27.4. The first-order valence-corrected chi connectivity index (χ1v) is 13.2. The highest BCUT2D eigenvalue weighted by molar-refractivity contribution is 6.05. The van der Waals surface area contributed by atoms with Gasteiger partial charge in [-0.25, -0.2) is 9.50 Å². The third kappa shape index (κ3) is 5.42. The Morgan fingerprint density at radius 2 is 1.92 bits per heavy atom. The molecule has 0 spiro atoms. The molecule has 1 aliphatic heterocycles. The fourth-order valence-corrected chi connectivity index (χ4v) is 5.59. The second-order valence-electron chi connectivity index (χ2n) is 10.2. The number of nitrogens with one attached hydrogen (secondary N) is 1. The molecule has 2 fully saturated rings. The van der Waals surface area contributed by atoms with Crippen LogP contribution < -0.4 is 5.32 Å². The van der Waals surface area contributed by atoms with Gasteiger partial charge in [0.15, 0.2) is 11.4 Å². The molecule has 4 atom stereocenters. The number of hydrogen-bond acceptors (Lipinski definition) is 9. The summed E-state index contributed by atoms with van der Waals surface area (Å²) in [6.45, 7) is 3.26. The first-order chi connectivity index (χ1) is 18.9. The molecule has 0 radical (unpaired) electrons. The van der Waals surface area contributed by atoms with Gasteiger partial charge in [0.2, 0.25) is 0 Å². The van der Waals surface area contributed by atoms with Crippen LogP contribution in [0.2, 0.25) is 0 Å². The molecule has 3 N–H and O–H groups in total. The lowest BCUT2D eigenvalue weighted by Crippen LogP contribution is -2.44. The van der Waals surface area contributed by atoms with Crippen molar-refractivity contribution in [1.82, 2.24) is 14.6 Å². The number of aromatic nitrogens is 3. The van der Waals surface area contributed by atoms with Crippen molar-refractivity contribution < 1.29 is 29.3 Å². The number of amides is 1. The molecule has 5 rings (SSSR count). The molecule has 3 heterocycles. The van der Waals surface area contributed by atoms with E-state index in [9.17, 15) is 19.8 Å². The van der Waals surface area contributed by atoms with Crippen LogP contribution in [0.3, 0.4) is 0 Å². The smallest absolute Gasteiger partial charge is 0.306 e. The fraction of sp³-hybridized carbons (Fsp3) is 0.464. The Labute approximate surface area is 225 Å². The molecule has 0 bridgehead atoms. The summed E-state index contributed by atoms with van der Waals surface area (Å²) >= 11 is 0. The molecule has 11 nitrogen and oxygen atoms in total. The highest BCUT2D eigenvalue weighted by Crippen LogP contribution is 2.41. The Hall–Kier alpha value is -3.67. The lowest BCUT2D eigenvalue weighted by molar-refractivity contribution is -0.153. The number of anilines is 1. The van der Waals surface area contributed by atoms with Gasteiger partial charge in [-0.15, -0.1) is 0 Å². The SMILES string of the molecule is C=NC[C@@]1(c2ccc3c(NC(=O)c4ccccc4)ncnn23)O[C@H](COC(=O)CC2CCCCC2)[C@@H](O)[C@H]1O.